The normalized spacial score (nSPS) is 26.1. The molecule has 26 heavy (non-hydrogen) atoms. The zero-order valence-corrected chi connectivity index (χ0v) is 15.7. The molecule has 0 amide bonds. The van der Waals surface area contributed by atoms with Crippen LogP contribution in [0.1, 0.15) is 59.3 Å². The van der Waals surface area contributed by atoms with Crippen LogP contribution < -0.4 is 0 Å². The average molecular weight is 371 g/mol. The van der Waals surface area contributed by atoms with E-state index in [1.54, 1.807) is 20.8 Å². The summed E-state index contributed by atoms with van der Waals surface area (Å²) in [5, 5.41) is 20.4. The quantitative estimate of drug-likeness (QED) is 0.330. The van der Waals surface area contributed by atoms with Gasteiger partial charge in [0.15, 0.2) is 5.79 Å². The molecule has 0 bridgehead atoms. The summed E-state index contributed by atoms with van der Waals surface area (Å²) in [7, 11) is 0. The summed E-state index contributed by atoms with van der Waals surface area (Å²) in [6.45, 7) is 4.57. The van der Waals surface area contributed by atoms with Gasteiger partial charge in [0.2, 0.25) is 6.54 Å². The van der Waals surface area contributed by atoms with Crippen LogP contribution in [0.4, 0.5) is 0 Å². The maximum Gasteiger partial charge on any atom is 0.334 e. The molecule has 2 unspecified atom stereocenters. The smallest absolute Gasteiger partial charge is 0.334 e. The second kappa shape index (κ2) is 8.45. The molecule has 8 nitrogen and oxygen atoms in total. The standard InChI is InChI=1S/C18H29NO7/c1-17(2,3)26-16(21)13(7-10-19(22)23)11-14-15(12-20)25-18(24-14)8-5-4-6-9-18/h11,14-15,20H,4-10,12H2,1-3H3/b13-11+. The van der Waals surface area contributed by atoms with E-state index in [2.05, 4.69) is 0 Å². The second-order valence-corrected chi connectivity index (χ2v) is 7.89. The first-order valence-electron chi connectivity index (χ1n) is 9.16. The van der Waals surface area contributed by atoms with E-state index in [9.17, 15) is 20.0 Å². The summed E-state index contributed by atoms with van der Waals surface area (Å²) in [5.41, 5.74) is -0.532. The first kappa shape index (κ1) is 20.8. The molecule has 1 saturated heterocycles. The molecule has 1 aliphatic heterocycles. The summed E-state index contributed by atoms with van der Waals surface area (Å²) in [6, 6.07) is 0. The molecule has 1 spiro atoms. The molecule has 0 radical (unpaired) electrons. The molecule has 0 aromatic carbocycles. The Balaban J connectivity index is 2.19. The van der Waals surface area contributed by atoms with Gasteiger partial charge in [-0.2, -0.15) is 0 Å². The van der Waals surface area contributed by atoms with Crippen LogP contribution in [0, 0.1) is 10.1 Å². The molecule has 148 valence electrons. The van der Waals surface area contributed by atoms with Gasteiger partial charge >= 0.3 is 5.97 Å². The molecule has 1 N–H and O–H groups in total. The van der Waals surface area contributed by atoms with Gasteiger partial charge in [0, 0.05) is 29.8 Å². The molecule has 1 heterocycles. The van der Waals surface area contributed by atoms with Gasteiger partial charge in [0.25, 0.3) is 0 Å². The zero-order chi connectivity index (χ0) is 19.4. The molecule has 2 atom stereocenters. The molecule has 2 fully saturated rings. The highest BCUT2D eigenvalue weighted by molar-refractivity contribution is 5.88. The second-order valence-electron chi connectivity index (χ2n) is 7.89. The summed E-state index contributed by atoms with van der Waals surface area (Å²) < 4.78 is 17.4. The predicted molar refractivity (Wildman–Crippen MR) is 93.1 cm³/mol. The van der Waals surface area contributed by atoms with Crippen LogP contribution in [0.3, 0.4) is 0 Å². The molecule has 0 aromatic rings. The lowest BCUT2D eigenvalue weighted by Crippen LogP contribution is -2.33. The number of aliphatic hydroxyl groups is 1. The van der Waals surface area contributed by atoms with Crippen LogP contribution in [0.2, 0.25) is 0 Å². The van der Waals surface area contributed by atoms with Gasteiger partial charge in [-0.15, -0.1) is 0 Å². The van der Waals surface area contributed by atoms with Crippen molar-refractivity contribution in [3.05, 3.63) is 21.8 Å². The van der Waals surface area contributed by atoms with Gasteiger partial charge in [-0.3, -0.25) is 10.1 Å². The number of ether oxygens (including phenoxy) is 3. The minimum absolute atomic E-state index is 0.0626. The number of hydrogen-bond acceptors (Lipinski definition) is 7. The number of carbonyl (C=O) groups is 1. The number of hydrogen-bond donors (Lipinski definition) is 1. The number of esters is 1. The van der Waals surface area contributed by atoms with Crippen molar-refractivity contribution in [1.82, 2.24) is 0 Å². The Kier molecular flexibility index (Phi) is 6.76. The Morgan fingerprint density at radius 1 is 1.31 bits per heavy atom. The van der Waals surface area contributed by atoms with Gasteiger partial charge in [0.05, 0.1) is 6.61 Å². The van der Waals surface area contributed by atoms with Crippen molar-refractivity contribution in [3.63, 3.8) is 0 Å². The Hall–Kier alpha value is -1.51. The van der Waals surface area contributed by atoms with Crippen LogP contribution in [0.5, 0.6) is 0 Å². The van der Waals surface area contributed by atoms with Gasteiger partial charge in [-0.05, 0) is 39.7 Å². The summed E-state index contributed by atoms with van der Waals surface area (Å²) in [4.78, 5) is 22.7. The van der Waals surface area contributed by atoms with E-state index in [0.717, 1.165) is 32.1 Å². The van der Waals surface area contributed by atoms with E-state index in [1.165, 1.54) is 6.08 Å². The fraction of sp³-hybridized carbons (Fsp3) is 0.833. The third kappa shape index (κ3) is 5.75. The Morgan fingerprint density at radius 2 is 1.96 bits per heavy atom. The molecule has 1 aliphatic carbocycles. The van der Waals surface area contributed by atoms with E-state index >= 15 is 0 Å². The Bertz CT molecular complexity index is 546. The number of nitrogens with zero attached hydrogens (tertiary/aromatic N) is 1. The largest absolute Gasteiger partial charge is 0.457 e. The SMILES string of the molecule is CC(C)(C)OC(=O)/C(=C/C1OC2(CCCCC2)OC1CO)CC[N+](=O)[O-]. The average Bonchev–Trinajstić information content (AvgIpc) is 2.87. The highest BCUT2D eigenvalue weighted by atomic mass is 16.8. The first-order chi connectivity index (χ1) is 12.1. The van der Waals surface area contributed by atoms with Gasteiger partial charge in [0.1, 0.15) is 17.8 Å². The third-order valence-corrected chi connectivity index (χ3v) is 4.47. The van der Waals surface area contributed by atoms with E-state index in [0.29, 0.717) is 0 Å². The van der Waals surface area contributed by atoms with Crippen LogP contribution in [0.15, 0.2) is 11.6 Å². The zero-order valence-electron chi connectivity index (χ0n) is 15.7. The predicted octanol–water partition coefficient (Wildman–Crippen LogP) is 2.36. The van der Waals surface area contributed by atoms with Crippen molar-refractivity contribution < 1.29 is 29.0 Å². The third-order valence-electron chi connectivity index (χ3n) is 4.47. The monoisotopic (exact) mass is 371 g/mol. The van der Waals surface area contributed by atoms with Crippen LogP contribution in [-0.2, 0) is 19.0 Å². The molecule has 2 rings (SSSR count). The minimum Gasteiger partial charge on any atom is -0.457 e. The molecular weight excluding hydrogens is 342 g/mol. The number of aliphatic hydroxyl groups excluding tert-OH is 1. The molecule has 1 saturated carbocycles. The summed E-state index contributed by atoms with van der Waals surface area (Å²) >= 11 is 0. The lowest BCUT2D eigenvalue weighted by atomic mass is 9.94. The fourth-order valence-corrected chi connectivity index (χ4v) is 3.31. The topological polar surface area (TPSA) is 108 Å². The molecular formula is C18H29NO7. The van der Waals surface area contributed by atoms with E-state index in [-0.39, 0.29) is 25.1 Å². The Labute approximate surface area is 153 Å². The van der Waals surface area contributed by atoms with Crippen molar-refractivity contribution in [3.8, 4) is 0 Å². The van der Waals surface area contributed by atoms with Crippen molar-refractivity contribution >= 4 is 5.97 Å². The lowest BCUT2D eigenvalue weighted by molar-refractivity contribution is -0.479. The van der Waals surface area contributed by atoms with Gasteiger partial charge in [-0.1, -0.05) is 6.42 Å². The molecule has 2 aliphatic rings. The minimum atomic E-state index is -0.727. The summed E-state index contributed by atoms with van der Waals surface area (Å²) in [6.07, 6.45) is 4.80. The van der Waals surface area contributed by atoms with Gasteiger partial charge < -0.3 is 19.3 Å². The first-order valence-corrected chi connectivity index (χ1v) is 9.16. The Morgan fingerprint density at radius 3 is 2.50 bits per heavy atom. The van der Waals surface area contributed by atoms with Crippen molar-refractivity contribution in [2.45, 2.75) is 82.9 Å². The number of carbonyl (C=O) groups excluding carboxylic acids is 1. The highest BCUT2D eigenvalue weighted by Crippen LogP contribution is 2.41. The van der Waals surface area contributed by atoms with Crippen LogP contribution in [-0.4, -0.2) is 52.7 Å². The highest BCUT2D eigenvalue weighted by Gasteiger charge is 2.47. The van der Waals surface area contributed by atoms with Crippen molar-refractivity contribution in [1.29, 1.82) is 0 Å². The fourth-order valence-electron chi connectivity index (χ4n) is 3.31. The van der Waals surface area contributed by atoms with Crippen molar-refractivity contribution in [2.75, 3.05) is 13.2 Å². The van der Waals surface area contributed by atoms with Gasteiger partial charge in [-0.25, -0.2) is 4.79 Å². The van der Waals surface area contributed by atoms with E-state index < -0.39 is 34.5 Å². The van der Waals surface area contributed by atoms with Crippen LogP contribution in [0.25, 0.3) is 0 Å². The van der Waals surface area contributed by atoms with Crippen LogP contribution >= 0.6 is 0 Å². The van der Waals surface area contributed by atoms with E-state index in [1.807, 2.05) is 0 Å². The lowest BCUT2D eigenvalue weighted by Gasteiger charge is -2.31. The van der Waals surface area contributed by atoms with E-state index in [4.69, 9.17) is 14.2 Å². The summed E-state index contributed by atoms with van der Waals surface area (Å²) in [5.74, 6) is -1.33. The molecule has 8 heteroatoms. The van der Waals surface area contributed by atoms with Crippen molar-refractivity contribution in [2.24, 2.45) is 0 Å². The number of rotatable bonds is 6. The number of nitro groups is 1. The maximum atomic E-state index is 12.4. The maximum absolute atomic E-state index is 12.4. The molecule has 0 aromatic heterocycles.